The molecule has 0 aromatic rings. The zero-order valence-electron chi connectivity index (χ0n) is 43.5. The number of esters is 2. The standard InChI is InChI=1S/C56H108NO8P/c1-3-5-7-9-11-13-15-17-19-21-23-25-26-27-29-30-32-34-36-38-40-42-44-46-48-55(58)62-52-54(53-64-66(60,61)63-51-50-57)65-56(59)49-47-45-43-41-39-37-35-33-31-28-24-22-20-18-16-14-12-10-8-6-4-2/h16,18,22,24,54H,3-15,17,19-21,23,25-53,57H2,1-2H3,(H,60,61)/b18-16-,24-22-. The van der Waals surface area contributed by atoms with E-state index in [0.29, 0.717) is 6.42 Å². The fourth-order valence-corrected chi connectivity index (χ4v) is 9.14. The Balaban J connectivity index is 3.95. The molecule has 66 heavy (non-hydrogen) atoms. The summed E-state index contributed by atoms with van der Waals surface area (Å²) in [5, 5.41) is 0. The van der Waals surface area contributed by atoms with E-state index in [2.05, 4.69) is 38.2 Å². The summed E-state index contributed by atoms with van der Waals surface area (Å²) in [5.41, 5.74) is 5.38. The fraction of sp³-hybridized carbons (Fsp3) is 0.893. The van der Waals surface area contributed by atoms with Crippen molar-refractivity contribution in [2.24, 2.45) is 5.73 Å². The highest BCUT2D eigenvalue weighted by atomic mass is 31.2. The number of phosphoric ester groups is 1. The molecule has 2 unspecified atom stereocenters. The summed E-state index contributed by atoms with van der Waals surface area (Å²) in [6.07, 6.45) is 60.8. The molecule has 0 aliphatic carbocycles. The number of unbranched alkanes of at least 4 members (excludes halogenated alkanes) is 37. The molecule has 0 fully saturated rings. The lowest BCUT2D eigenvalue weighted by atomic mass is 10.0. The Hall–Kier alpha value is -1.51. The van der Waals surface area contributed by atoms with Gasteiger partial charge in [0.05, 0.1) is 13.2 Å². The van der Waals surface area contributed by atoms with Gasteiger partial charge in [-0.15, -0.1) is 0 Å². The van der Waals surface area contributed by atoms with Crippen molar-refractivity contribution in [1.29, 1.82) is 0 Å². The van der Waals surface area contributed by atoms with E-state index < -0.39 is 26.5 Å². The van der Waals surface area contributed by atoms with Crippen LogP contribution in [0.2, 0.25) is 0 Å². The zero-order valence-corrected chi connectivity index (χ0v) is 44.3. The topological polar surface area (TPSA) is 134 Å². The monoisotopic (exact) mass is 954 g/mol. The Morgan fingerprint density at radius 3 is 1.15 bits per heavy atom. The summed E-state index contributed by atoms with van der Waals surface area (Å²) in [7, 11) is -4.38. The van der Waals surface area contributed by atoms with E-state index in [-0.39, 0.29) is 38.6 Å². The van der Waals surface area contributed by atoms with Gasteiger partial charge >= 0.3 is 19.8 Å². The summed E-state index contributed by atoms with van der Waals surface area (Å²) in [6, 6.07) is 0. The highest BCUT2D eigenvalue weighted by Gasteiger charge is 2.26. The third-order valence-electron chi connectivity index (χ3n) is 12.6. The summed E-state index contributed by atoms with van der Waals surface area (Å²) in [5.74, 6) is -0.816. The van der Waals surface area contributed by atoms with E-state index in [1.54, 1.807) is 0 Å². The molecular weight excluding hydrogens is 846 g/mol. The van der Waals surface area contributed by atoms with Crippen LogP contribution in [0.4, 0.5) is 0 Å². The molecule has 390 valence electrons. The van der Waals surface area contributed by atoms with Crippen LogP contribution in [0.15, 0.2) is 24.3 Å². The number of phosphoric acid groups is 1. The first kappa shape index (κ1) is 64.5. The first-order valence-electron chi connectivity index (χ1n) is 28.3. The van der Waals surface area contributed by atoms with Gasteiger partial charge in [-0.05, 0) is 44.9 Å². The largest absolute Gasteiger partial charge is 0.472 e. The molecule has 9 nitrogen and oxygen atoms in total. The smallest absolute Gasteiger partial charge is 0.462 e. The van der Waals surface area contributed by atoms with Crippen molar-refractivity contribution in [3.63, 3.8) is 0 Å². The Kier molecular flexibility index (Phi) is 51.6. The lowest BCUT2D eigenvalue weighted by molar-refractivity contribution is -0.161. The minimum absolute atomic E-state index is 0.0548. The fourth-order valence-electron chi connectivity index (χ4n) is 8.37. The molecule has 2 atom stereocenters. The molecule has 0 radical (unpaired) electrons. The second-order valence-corrected chi connectivity index (χ2v) is 20.6. The van der Waals surface area contributed by atoms with Gasteiger partial charge in [0.2, 0.25) is 0 Å². The molecule has 0 rings (SSSR count). The number of nitrogens with two attached hydrogens (primary N) is 1. The number of ether oxygens (including phenoxy) is 2. The van der Waals surface area contributed by atoms with Gasteiger partial charge in [0.1, 0.15) is 6.61 Å². The molecular formula is C56H108NO8P. The summed E-state index contributed by atoms with van der Waals surface area (Å²) < 4.78 is 33.0. The summed E-state index contributed by atoms with van der Waals surface area (Å²) in [6.45, 7) is 3.78. The molecule has 0 bridgehead atoms. The predicted molar refractivity (Wildman–Crippen MR) is 280 cm³/mol. The predicted octanol–water partition coefficient (Wildman–Crippen LogP) is 17.5. The van der Waals surface area contributed by atoms with E-state index in [9.17, 15) is 19.0 Å². The molecule has 0 aliphatic rings. The van der Waals surface area contributed by atoms with Crippen LogP contribution in [0.25, 0.3) is 0 Å². The lowest BCUT2D eigenvalue weighted by Crippen LogP contribution is -2.29. The molecule has 0 aromatic heterocycles. The second kappa shape index (κ2) is 52.9. The molecule has 0 aliphatic heterocycles. The minimum atomic E-state index is -4.38. The van der Waals surface area contributed by atoms with E-state index >= 15 is 0 Å². The number of allylic oxidation sites excluding steroid dienone is 4. The average molecular weight is 954 g/mol. The van der Waals surface area contributed by atoms with Crippen LogP contribution < -0.4 is 5.73 Å². The number of carbonyl (C=O) groups is 2. The highest BCUT2D eigenvalue weighted by molar-refractivity contribution is 7.47. The van der Waals surface area contributed by atoms with Crippen LogP contribution in [-0.4, -0.2) is 49.3 Å². The third-order valence-corrected chi connectivity index (χ3v) is 13.6. The Morgan fingerprint density at radius 1 is 0.455 bits per heavy atom. The second-order valence-electron chi connectivity index (χ2n) is 19.2. The van der Waals surface area contributed by atoms with E-state index in [1.165, 1.54) is 205 Å². The van der Waals surface area contributed by atoms with Gasteiger partial charge in [0.25, 0.3) is 0 Å². The van der Waals surface area contributed by atoms with Gasteiger partial charge in [-0.1, -0.05) is 256 Å². The van der Waals surface area contributed by atoms with Crippen LogP contribution in [0.3, 0.4) is 0 Å². The van der Waals surface area contributed by atoms with Crippen molar-refractivity contribution in [3.8, 4) is 0 Å². The van der Waals surface area contributed by atoms with Crippen LogP contribution in [0, 0.1) is 0 Å². The number of hydrogen-bond acceptors (Lipinski definition) is 8. The molecule has 0 spiro atoms. The van der Waals surface area contributed by atoms with Crippen molar-refractivity contribution in [1.82, 2.24) is 0 Å². The Bertz CT molecular complexity index is 1130. The molecule has 0 heterocycles. The van der Waals surface area contributed by atoms with E-state index in [1.807, 2.05) is 0 Å². The molecule has 0 saturated heterocycles. The van der Waals surface area contributed by atoms with Gasteiger partial charge in [0.15, 0.2) is 6.10 Å². The quantitative estimate of drug-likeness (QED) is 0.0264. The van der Waals surface area contributed by atoms with E-state index in [0.717, 1.165) is 51.4 Å². The van der Waals surface area contributed by atoms with Gasteiger partial charge in [0, 0.05) is 19.4 Å². The van der Waals surface area contributed by atoms with Gasteiger partial charge in [-0.2, -0.15) is 0 Å². The molecule has 3 N–H and O–H groups in total. The number of carbonyl (C=O) groups excluding carboxylic acids is 2. The maximum Gasteiger partial charge on any atom is 0.472 e. The summed E-state index contributed by atoms with van der Waals surface area (Å²) in [4.78, 5) is 35.1. The first-order valence-corrected chi connectivity index (χ1v) is 29.8. The maximum absolute atomic E-state index is 12.7. The van der Waals surface area contributed by atoms with E-state index in [4.69, 9.17) is 24.3 Å². The Labute approximate surface area is 408 Å². The first-order chi connectivity index (χ1) is 32.3. The van der Waals surface area contributed by atoms with Gasteiger partial charge in [-0.25, -0.2) is 4.57 Å². The van der Waals surface area contributed by atoms with Crippen LogP contribution >= 0.6 is 7.82 Å². The van der Waals surface area contributed by atoms with Crippen molar-refractivity contribution in [3.05, 3.63) is 24.3 Å². The summed E-state index contributed by atoms with van der Waals surface area (Å²) >= 11 is 0. The molecule has 0 aromatic carbocycles. The number of hydrogen-bond donors (Lipinski definition) is 2. The molecule has 0 saturated carbocycles. The van der Waals surface area contributed by atoms with Crippen LogP contribution in [0.5, 0.6) is 0 Å². The lowest BCUT2D eigenvalue weighted by Gasteiger charge is -2.19. The van der Waals surface area contributed by atoms with Crippen LogP contribution in [0.1, 0.15) is 290 Å². The van der Waals surface area contributed by atoms with Crippen molar-refractivity contribution >= 4 is 19.8 Å². The van der Waals surface area contributed by atoms with Crippen LogP contribution in [-0.2, 0) is 32.7 Å². The minimum Gasteiger partial charge on any atom is -0.462 e. The molecule has 0 amide bonds. The third kappa shape index (κ3) is 51.9. The number of rotatable bonds is 54. The average Bonchev–Trinajstić information content (AvgIpc) is 3.31. The highest BCUT2D eigenvalue weighted by Crippen LogP contribution is 2.43. The van der Waals surface area contributed by atoms with Gasteiger partial charge < -0.3 is 20.1 Å². The zero-order chi connectivity index (χ0) is 48.1. The van der Waals surface area contributed by atoms with Crippen molar-refractivity contribution < 1.29 is 37.6 Å². The normalized spacial score (nSPS) is 13.2. The van der Waals surface area contributed by atoms with Gasteiger partial charge in [-0.3, -0.25) is 18.6 Å². The Morgan fingerprint density at radius 2 is 0.788 bits per heavy atom. The van der Waals surface area contributed by atoms with Crippen molar-refractivity contribution in [2.75, 3.05) is 26.4 Å². The van der Waals surface area contributed by atoms with Crippen molar-refractivity contribution in [2.45, 2.75) is 296 Å². The molecule has 10 heteroatoms. The maximum atomic E-state index is 12.7. The SMILES string of the molecule is CCCCCCC/C=C\C/C=C\CCCCCCCCCCCC(=O)OC(COC(=O)CCCCCCCCCCCCCCCCCCCCCCCCCC)COP(=O)(O)OCCN.